The first kappa shape index (κ1) is 25.1. The molecule has 0 aliphatic carbocycles. The van der Waals surface area contributed by atoms with Gasteiger partial charge in [-0.25, -0.2) is 0 Å². The number of ether oxygens (including phenoxy) is 1. The lowest BCUT2D eigenvalue weighted by Gasteiger charge is -2.26. The average Bonchev–Trinajstić information content (AvgIpc) is 3.39. The van der Waals surface area contributed by atoms with Gasteiger partial charge in [0.15, 0.2) is 0 Å². The van der Waals surface area contributed by atoms with Crippen LogP contribution in [-0.2, 0) is 0 Å². The molecule has 2 N–H and O–H groups in total. The van der Waals surface area contributed by atoms with E-state index in [1.54, 1.807) is 12.1 Å². The molecular formula is C28H34ClN3O3. The summed E-state index contributed by atoms with van der Waals surface area (Å²) in [7, 11) is 0. The second-order valence-electron chi connectivity index (χ2n) is 9.21. The number of rotatable bonds is 11. The molecule has 3 aromatic rings. The van der Waals surface area contributed by atoms with Crippen LogP contribution in [0.15, 0.2) is 36.4 Å². The van der Waals surface area contributed by atoms with Crippen LogP contribution >= 0.6 is 11.6 Å². The van der Waals surface area contributed by atoms with E-state index in [9.17, 15) is 9.90 Å². The van der Waals surface area contributed by atoms with Crippen molar-refractivity contribution in [1.29, 1.82) is 0 Å². The highest BCUT2D eigenvalue weighted by Crippen LogP contribution is 2.45. The van der Waals surface area contributed by atoms with Gasteiger partial charge >= 0.3 is 0 Å². The minimum atomic E-state index is -0.309. The second kappa shape index (κ2) is 11.2. The van der Waals surface area contributed by atoms with Crippen molar-refractivity contribution >= 4 is 17.5 Å². The van der Waals surface area contributed by atoms with Crippen LogP contribution < -0.4 is 4.74 Å². The van der Waals surface area contributed by atoms with Crippen LogP contribution in [0.1, 0.15) is 85.6 Å². The first-order valence-electron chi connectivity index (χ1n) is 12.6. The molecule has 1 aliphatic heterocycles. The molecule has 1 atom stereocenters. The highest BCUT2D eigenvalue weighted by molar-refractivity contribution is 6.31. The number of phenolic OH excluding ortho intramolecular Hbond substituents is 1. The zero-order chi connectivity index (χ0) is 24.9. The Morgan fingerprint density at radius 2 is 1.83 bits per heavy atom. The largest absolute Gasteiger partial charge is 0.507 e. The number of aromatic amines is 1. The third-order valence-corrected chi connectivity index (χ3v) is 7.02. The number of fused-ring (bicyclic) bond motifs is 1. The van der Waals surface area contributed by atoms with E-state index in [4.69, 9.17) is 16.3 Å². The number of hydrogen-bond donors (Lipinski definition) is 2. The van der Waals surface area contributed by atoms with Gasteiger partial charge in [-0.3, -0.25) is 9.89 Å². The quantitative estimate of drug-likeness (QED) is 0.279. The lowest BCUT2D eigenvalue weighted by atomic mass is 9.95. The lowest BCUT2D eigenvalue weighted by Crippen LogP contribution is -2.30. The Bertz CT molecular complexity index is 1170. The van der Waals surface area contributed by atoms with E-state index in [2.05, 4.69) is 24.0 Å². The fourth-order valence-corrected chi connectivity index (χ4v) is 4.79. The maximum atomic E-state index is 13.4. The van der Waals surface area contributed by atoms with Gasteiger partial charge in [0.05, 0.1) is 12.6 Å². The second-order valence-corrected chi connectivity index (χ2v) is 9.62. The van der Waals surface area contributed by atoms with Crippen molar-refractivity contribution < 1.29 is 14.6 Å². The maximum Gasteiger partial charge on any atom is 0.273 e. The van der Waals surface area contributed by atoms with Crippen LogP contribution in [0.4, 0.5) is 0 Å². The van der Waals surface area contributed by atoms with Gasteiger partial charge in [0.1, 0.15) is 22.9 Å². The third kappa shape index (κ3) is 5.18. The van der Waals surface area contributed by atoms with Gasteiger partial charge in [-0.2, -0.15) is 5.10 Å². The summed E-state index contributed by atoms with van der Waals surface area (Å²) in [6.07, 6.45) is 6.52. The number of carbonyl (C=O) groups is 1. The van der Waals surface area contributed by atoms with E-state index < -0.39 is 0 Å². The summed E-state index contributed by atoms with van der Waals surface area (Å²) in [4.78, 5) is 15.3. The van der Waals surface area contributed by atoms with E-state index in [1.165, 1.54) is 19.3 Å². The van der Waals surface area contributed by atoms with Crippen LogP contribution in [-0.4, -0.2) is 39.3 Å². The first-order valence-corrected chi connectivity index (χ1v) is 13.0. The molecule has 0 radical (unpaired) electrons. The highest BCUT2D eigenvalue weighted by atomic mass is 35.5. The minimum Gasteiger partial charge on any atom is -0.507 e. The van der Waals surface area contributed by atoms with Crippen LogP contribution in [0.25, 0.3) is 11.3 Å². The van der Waals surface area contributed by atoms with Crippen LogP contribution in [0.2, 0.25) is 5.02 Å². The third-order valence-electron chi connectivity index (χ3n) is 6.61. The summed E-state index contributed by atoms with van der Waals surface area (Å²) in [6.45, 7) is 7.49. The smallest absolute Gasteiger partial charge is 0.273 e. The summed E-state index contributed by atoms with van der Waals surface area (Å²) >= 11 is 6.38. The SMILES string of the molecule is CCCCCCOc1ccc(C2c3c(-c4cc(Cl)c(C)cc4O)n[nH]c3C(=O)N2CCCC)cc1. The minimum absolute atomic E-state index is 0.0776. The van der Waals surface area contributed by atoms with Gasteiger partial charge in [0.2, 0.25) is 0 Å². The molecule has 0 spiro atoms. The van der Waals surface area contributed by atoms with E-state index >= 15 is 0 Å². The zero-order valence-corrected chi connectivity index (χ0v) is 21.5. The van der Waals surface area contributed by atoms with Gasteiger partial charge in [-0.15, -0.1) is 0 Å². The standard InChI is InChI=1S/C28H34ClN3O3/c1-4-6-8-9-15-35-20-12-10-19(11-13-20)27-24-25(21-17-22(29)18(3)16-23(21)33)30-31-26(24)28(34)32(27)14-7-5-2/h10-13,16-17,27,33H,4-9,14-15H2,1-3H3,(H,30,31). The number of unbranched alkanes of at least 4 members (excludes halogenated alkanes) is 4. The average molecular weight is 496 g/mol. The monoisotopic (exact) mass is 495 g/mol. The summed E-state index contributed by atoms with van der Waals surface area (Å²) in [5.74, 6) is 0.836. The Hall–Kier alpha value is -2.99. The Morgan fingerprint density at radius 3 is 2.54 bits per heavy atom. The predicted octanol–water partition coefficient (Wildman–Crippen LogP) is 7.05. The van der Waals surface area contributed by atoms with Crippen molar-refractivity contribution in [2.75, 3.05) is 13.2 Å². The molecule has 6 nitrogen and oxygen atoms in total. The number of benzene rings is 2. The number of nitrogens with zero attached hydrogens (tertiary/aromatic N) is 2. The van der Waals surface area contributed by atoms with Crippen molar-refractivity contribution in [2.45, 2.75) is 65.3 Å². The van der Waals surface area contributed by atoms with Crippen LogP contribution in [0, 0.1) is 6.92 Å². The summed E-state index contributed by atoms with van der Waals surface area (Å²) in [6, 6.07) is 11.0. The molecule has 186 valence electrons. The number of H-pyrrole nitrogens is 1. The van der Waals surface area contributed by atoms with Crippen LogP contribution in [0.5, 0.6) is 11.5 Å². The van der Waals surface area contributed by atoms with Gasteiger partial charge in [0, 0.05) is 22.7 Å². The molecule has 0 bridgehead atoms. The van der Waals surface area contributed by atoms with Gasteiger partial charge in [-0.1, -0.05) is 63.3 Å². The molecule has 0 saturated carbocycles. The summed E-state index contributed by atoms with van der Waals surface area (Å²) < 4.78 is 5.92. The summed E-state index contributed by atoms with van der Waals surface area (Å²) in [5, 5.41) is 18.6. The number of aromatic hydroxyl groups is 1. The topological polar surface area (TPSA) is 78.5 Å². The van der Waals surface area contributed by atoms with E-state index in [-0.39, 0.29) is 17.7 Å². The number of hydrogen-bond acceptors (Lipinski definition) is 4. The number of aryl methyl sites for hydroxylation is 1. The number of phenols is 1. The highest BCUT2D eigenvalue weighted by Gasteiger charge is 2.42. The van der Waals surface area contributed by atoms with Gasteiger partial charge in [0.25, 0.3) is 5.91 Å². The van der Waals surface area contributed by atoms with E-state index in [1.807, 2.05) is 36.1 Å². The Kier molecular flexibility index (Phi) is 8.01. The molecule has 0 fully saturated rings. The number of amides is 1. The van der Waals surface area contributed by atoms with Gasteiger partial charge in [-0.05, 0) is 55.2 Å². The Balaban J connectivity index is 1.68. The molecular weight excluding hydrogens is 462 g/mol. The number of aromatic nitrogens is 2. The normalized spacial score (nSPS) is 15.0. The molecule has 1 unspecified atom stereocenters. The summed E-state index contributed by atoms with van der Waals surface area (Å²) in [5.41, 5.74) is 4.06. The predicted molar refractivity (Wildman–Crippen MR) is 139 cm³/mol. The molecule has 1 aromatic heterocycles. The van der Waals surface area contributed by atoms with Crippen molar-refractivity contribution in [3.63, 3.8) is 0 Å². The van der Waals surface area contributed by atoms with Crippen molar-refractivity contribution in [3.8, 4) is 22.8 Å². The molecule has 1 aliphatic rings. The molecule has 2 heterocycles. The van der Waals surface area contributed by atoms with E-state index in [0.29, 0.717) is 35.1 Å². The fraction of sp³-hybridized carbons (Fsp3) is 0.429. The Labute approximate surface area is 212 Å². The zero-order valence-electron chi connectivity index (χ0n) is 20.7. The molecule has 4 rings (SSSR count). The van der Waals surface area contributed by atoms with Crippen LogP contribution in [0.3, 0.4) is 0 Å². The lowest BCUT2D eigenvalue weighted by molar-refractivity contribution is 0.0741. The number of halogens is 1. The molecule has 35 heavy (non-hydrogen) atoms. The fourth-order valence-electron chi connectivity index (χ4n) is 4.63. The van der Waals surface area contributed by atoms with Crippen molar-refractivity contribution in [2.24, 2.45) is 0 Å². The van der Waals surface area contributed by atoms with Crippen molar-refractivity contribution in [3.05, 3.63) is 63.8 Å². The number of nitrogens with one attached hydrogen (secondary N) is 1. The first-order chi connectivity index (χ1) is 17.0. The molecule has 7 heteroatoms. The van der Waals surface area contributed by atoms with Crippen molar-refractivity contribution in [1.82, 2.24) is 15.1 Å². The Morgan fingerprint density at radius 1 is 1.09 bits per heavy atom. The van der Waals surface area contributed by atoms with E-state index in [0.717, 1.165) is 41.7 Å². The van der Waals surface area contributed by atoms with Gasteiger partial charge < -0.3 is 14.7 Å². The maximum absolute atomic E-state index is 13.4. The molecule has 1 amide bonds. The number of carbonyl (C=O) groups excluding carboxylic acids is 1. The molecule has 2 aromatic carbocycles. The molecule has 0 saturated heterocycles.